The first kappa shape index (κ1) is 10.8. The molecule has 1 fully saturated rings. The van der Waals surface area contributed by atoms with E-state index in [0.29, 0.717) is 11.6 Å². The molecule has 0 bridgehead atoms. The largest absolute Gasteiger partial charge is 0.398 e. The molecule has 0 amide bonds. The number of aliphatic hydroxyl groups is 1. The van der Waals surface area contributed by atoms with Crippen molar-refractivity contribution < 1.29 is 5.11 Å². The molecule has 1 aliphatic rings. The zero-order chi connectivity index (χ0) is 10.9. The van der Waals surface area contributed by atoms with Gasteiger partial charge in [-0.05, 0) is 30.9 Å². The molecule has 2 atom stereocenters. The summed E-state index contributed by atoms with van der Waals surface area (Å²) in [6.07, 6.45) is 1.08. The molecular formula is C12H17NOS. The minimum atomic E-state index is -0.783. The van der Waals surface area contributed by atoms with Crippen LogP contribution in [-0.2, 0) is 5.60 Å². The third kappa shape index (κ3) is 1.99. The van der Waals surface area contributed by atoms with Crippen molar-refractivity contribution in [1.29, 1.82) is 0 Å². The Labute approximate surface area is 94.9 Å². The lowest BCUT2D eigenvalue weighted by molar-refractivity contribution is 0.00547. The van der Waals surface area contributed by atoms with Gasteiger partial charge < -0.3 is 10.8 Å². The number of rotatable bonds is 2. The molecule has 2 rings (SSSR count). The number of hydrogen-bond donors (Lipinski definition) is 2. The van der Waals surface area contributed by atoms with Gasteiger partial charge in [0.1, 0.15) is 0 Å². The third-order valence-electron chi connectivity index (χ3n) is 3.23. The molecule has 82 valence electrons. The van der Waals surface area contributed by atoms with Crippen molar-refractivity contribution in [2.24, 2.45) is 5.92 Å². The van der Waals surface area contributed by atoms with Gasteiger partial charge in [0.15, 0.2) is 0 Å². The van der Waals surface area contributed by atoms with Gasteiger partial charge in [0.2, 0.25) is 0 Å². The molecule has 1 saturated heterocycles. The van der Waals surface area contributed by atoms with Gasteiger partial charge in [-0.1, -0.05) is 18.2 Å². The number of thioether (sulfide) groups is 1. The van der Waals surface area contributed by atoms with E-state index in [1.54, 1.807) is 0 Å². The van der Waals surface area contributed by atoms with Gasteiger partial charge in [-0.25, -0.2) is 0 Å². The molecule has 1 aliphatic heterocycles. The lowest BCUT2D eigenvalue weighted by atomic mass is 9.82. The molecular weight excluding hydrogens is 206 g/mol. The molecule has 15 heavy (non-hydrogen) atoms. The van der Waals surface area contributed by atoms with Crippen LogP contribution in [0.25, 0.3) is 0 Å². The first-order chi connectivity index (χ1) is 7.12. The molecule has 3 N–H and O–H groups in total. The van der Waals surface area contributed by atoms with Gasteiger partial charge in [0.25, 0.3) is 0 Å². The molecule has 1 heterocycles. The zero-order valence-electron chi connectivity index (χ0n) is 8.94. The second-order valence-electron chi connectivity index (χ2n) is 4.30. The van der Waals surface area contributed by atoms with E-state index in [9.17, 15) is 5.11 Å². The van der Waals surface area contributed by atoms with E-state index in [1.807, 2.05) is 43.0 Å². The van der Waals surface area contributed by atoms with Crippen LogP contribution in [0.15, 0.2) is 24.3 Å². The van der Waals surface area contributed by atoms with Gasteiger partial charge in [-0.15, -0.1) is 0 Å². The predicted molar refractivity (Wildman–Crippen MR) is 65.9 cm³/mol. The van der Waals surface area contributed by atoms with Crippen LogP contribution in [0.3, 0.4) is 0 Å². The van der Waals surface area contributed by atoms with E-state index in [2.05, 4.69) is 0 Å². The van der Waals surface area contributed by atoms with Crippen molar-refractivity contribution in [1.82, 2.24) is 0 Å². The van der Waals surface area contributed by atoms with Crippen LogP contribution in [0.2, 0.25) is 0 Å². The molecule has 0 radical (unpaired) electrons. The molecule has 2 unspecified atom stereocenters. The predicted octanol–water partition coefficient (Wildman–Crippen LogP) is 2.23. The summed E-state index contributed by atoms with van der Waals surface area (Å²) in [5.41, 5.74) is 6.69. The number of anilines is 1. The SMILES string of the molecule is CC(O)(c1ccccc1N)C1CCSC1. The zero-order valence-corrected chi connectivity index (χ0v) is 9.76. The summed E-state index contributed by atoms with van der Waals surface area (Å²) in [5, 5.41) is 10.6. The highest BCUT2D eigenvalue weighted by Crippen LogP contribution is 2.40. The Morgan fingerprint density at radius 1 is 1.47 bits per heavy atom. The number of nitrogens with two attached hydrogens (primary N) is 1. The molecule has 2 nitrogen and oxygen atoms in total. The lowest BCUT2D eigenvalue weighted by Gasteiger charge is -2.31. The van der Waals surface area contributed by atoms with Crippen LogP contribution in [0.4, 0.5) is 5.69 Å². The maximum absolute atomic E-state index is 10.6. The van der Waals surface area contributed by atoms with Gasteiger partial charge in [-0.2, -0.15) is 11.8 Å². The van der Waals surface area contributed by atoms with Crippen molar-refractivity contribution in [3.05, 3.63) is 29.8 Å². The van der Waals surface area contributed by atoms with E-state index < -0.39 is 5.60 Å². The Kier molecular flexibility index (Phi) is 2.94. The van der Waals surface area contributed by atoms with E-state index in [-0.39, 0.29) is 0 Å². The minimum Gasteiger partial charge on any atom is -0.398 e. The van der Waals surface area contributed by atoms with Crippen LogP contribution in [-0.4, -0.2) is 16.6 Å². The van der Waals surface area contributed by atoms with E-state index >= 15 is 0 Å². The summed E-state index contributed by atoms with van der Waals surface area (Å²) in [5.74, 6) is 2.50. The van der Waals surface area contributed by atoms with Crippen LogP contribution in [0, 0.1) is 5.92 Å². The number of nitrogen functional groups attached to an aromatic ring is 1. The highest BCUT2D eigenvalue weighted by Gasteiger charge is 2.36. The average Bonchev–Trinajstić information content (AvgIpc) is 2.71. The number of benzene rings is 1. The molecule has 0 spiro atoms. The van der Waals surface area contributed by atoms with Crippen LogP contribution in [0.5, 0.6) is 0 Å². The smallest absolute Gasteiger partial charge is 0.0924 e. The highest BCUT2D eigenvalue weighted by molar-refractivity contribution is 7.99. The fourth-order valence-corrected chi connectivity index (χ4v) is 3.55. The fourth-order valence-electron chi connectivity index (χ4n) is 2.16. The van der Waals surface area contributed by atoms with Crippen LogP contribution in [0.1, 0.15) is 18.9 Å². The molecule has 0 aliphatic carbocycles. The minimum absolute atomic E-state index is 0.326. The molecule has 1 aromatic rings. The number of hydrogen-bond acceptors (Lipinski definition) is 3. The molecule has 0 aromatic heterocycles. The first-order valence-corrected chi connectivity index (χ1v) is 6.43. The van der Waals surface area contributed by atoms with Gasteiger partial charge in [-0.3, -0.25) is 0 Å². The summed E-state index contributed by atoms with van der Waals surface area (Å²) < 4.78 is 0. The molecule has 1 aromatic carbocycles. The fraction of sp³-hybridized carbons (Fsp3) is 0.500. The van der Waals surface area contributed by atoms with Crippen molar-refractivity contribution in [2.75, 3.05) is 17.2 Å². The second kappa shape index (κ2) is 4.06. The Morgan fingerprint density at radius 3 is 2.80 bits per heavy atom. The van der Waals surface area contributed by atoms with E-state index in [0.717, 1.165) is 23.5 Å². The third-order valence-corrected chi connectivity index (χ3v) is 4.39. The van der Waals surface area contributed by atoms with Crippen molar-refractivity contribution in [3.63, 3.8) is 0 Å². The van der Waals surface area contributed by atoms with Crippen LogP contribution < -0.4 is 5.73 Å². The molecule has 3 heteroatoms. The Bertz CT molecular complexity index is 345. The summed E-state index contributed by atoms with van der Waals surface area (Å²) in [6, 6.07) is 7.62. The lowest BCUT2D eigenvalue weighted by Crippen LogP contribution is -2.32. The summed E-state index contributed by atoms with van der Waals surface area (Å²) >= 11 is 1.91. The van der Waals surface area contributed by atoms with Gasteiger partial charge >= 0.3 is 0 Å². The van der Waals surface area contributed by atoms with Crippen molar-refractivity contribution in [2.45, 2.75) is 18.9 Å². The monoisotopic (exact) mass is 223 g/mol. The molecule has 0 saturated carbocycles. The normalized spacial score (nSPS) is 25.1. The topological polar surface area (TPSA) is 46.2 Å². The summed E-state index contributed by atoms with van der Waals surface area (Å²) in [7, 11) is 0. The van der Waals surface area contributed by atoms with Crippen molar-refractivity contribution >= 4 is 17.4 Å². The van der Waals surface area contributed by atoms with E-state index in [4.69, 9.17) is 5.73 Å². The quantitative estimate of drug-likeness (QED) is 0.756. The Balaban J connectivity index is 2.31. The first-order valence-electron chi connectivity index (χ1n) is 5.27. The number of para-hydroxylation sites is 1. The van der Waals surface area contributed by atoms with Crippen LogP contribution >= 0.6 is 11.8 Å². The summed E-state index contributed by atoms with van der Waals surface area (Å²) in [6.45, 7) is 1.88. The highest BCUT2D eigenvalue weighted by atomic mass is 32.2. The maximum Gasteiger partial charge on any atom is 0.0924 e. The van der Waals surface area contributed by atoms with E-state index in [1.165, 1.54) is 0 Å². The maximum atomic E-state index is 10.6. The van der Waals surface area contributed by atoms with Gasteiger partial charge in [0.05, 0.1) is 5.60 Å². The Hall–Kier alpha value is -0.670. The van der Waals surface area contributed by atoms with Crippen molar-refractivity contribution in [3.8, 4) is 0 Å². The second-order valence-corrected chi connectivity index (χ2v) is 5.45. The summed E-state index contributed by atoms with van der Waals surface area (Å²) in [4.78, 5) is 0. The van der Waals surface area contributed by atoms with Gasteiger partial charge in [0, 0.05) is 17.2 Å². The average molecular weight is 223 g/mol. The Morgan fingerprint density at radius 2 is 2.20 bits per heavy atom. The standard InChI is InChI=1S/C12H17NOS/c1-12(14,9-6-7-15-8-9)10-4-2-3-5-11(10)13/h2-5,9,14H,6-8,13H2,1H3.